The van der Waals surface area contributed by atoms with E-state index in [1.807, 2.05) is 45.0 Å². The van der Waals surface area contributed by atoms with Gasteiger partial charge in [0.25, 0.3) is 0 Å². The Kier molecular flexibility index (Phi) is 4.39. The summed E-state index contributed by atoms with van der Waals surface area (Å²) in [7, 11) is 0. The number of aromatic nitrogens is 2. The fourth-order valence-corrected chi connectivity index (χ4v) is 2.49. The molecule has 0 atom stereocenters. The van der Waals surface area contributed by atoms with Gasteiger partial charge in [-0.2, -0.15) is 5.10 Å². The average molecular weight is 373 g/mol. The summed E-state index contributed by atoms with van der Waals surface area (Å²) >= 11 is 9.53. The van der Waals surface area contributed by atoms with Gasteiger partial charge in [-0.25, -0.2) is 4.68 Å². The smallest absolute Gasteiger partial charge is 0.258 e. The second-order valence-electron chi connectivity index (χ2n) is 5.78. The van der Waals surface area contributed by atoms with Crippen molar-refractivity contribution in [2.75, 3.05) is 0 Å². The maximum absolute atomic E-state index is 11.3. The number of hydrogen-bond donors (Lipinski definition) is 0. The highest BCUT2D eigenvalue weighted by Gasteiger charge is 2.33. The standard InChI is InChI=1S/C14H15BrClN3O2/c1-14(2,3)12-11(19(20)21)13(16)18(17-12)8-9-4-6-10(15)7-5-9/h4-7H,8H2,1-3H3. The van der Waals surface area contributed by atoms with Gasteiger partial charge < -0.3 is 0 Å². The maximum Gasteiger partial charge on any atom is 0.329 e. The Morgan fingerprint density at radius 3 is 2.33 bits per heavy atom. The van der Waals surface area contributed by atoms with Crippen LogP contribution in [0.25, 0.3) is 0 Å². The Labute approximate surface area is 136 Å². The Morgan fingerprint density at radius 1 is 1.33 bits per heavy atom. The van der Waals surface area contributed by atoms with Crippen LogP contribution in [0.15, 0.2) is 28.7 Å². The van der Waals surface area contributed by atoms with Crippen molar-refractivity contribution in [3.63, 3.8) is 0 Å². The molecule has 1 aromatic carbocycles. The summed E-state index contributed by atoms with van der Waals surface area (Å²) in [5.74, 6) is 0. The van der Waals surface area contributed by atoms with Crippen LogP contribution in [0.4, 0.5) is 5.69 Å². The van der Waals surface area contributed by atoms with Crippen molar-refractivity contribution in [3.05, 3.63) is 55.3 Å². The zero-order valence-electron chi connectivity index (χ0n) is 11.9. The molecule has 0 aliphatic heterocycles. The Hall–Kier alpha value is -1.40. The summed E-state index contributed by atoms with van der Waals surface area (Å²) in [6.45, 7) is 6.02. The Balaban J connectivity index is 2.45. The number of rotatable bonds is 3. The molecule has 0 N–H and O–H groups in total. The molecule has 0 aliphatic carbocycles. The van der Waals surface area contributed by atoms with Gasteiger partial charge in [-0.15, -0.1) is 0 Å². The highest BCUT2D eigenvalue weighted by molar-refractivity contribution is 9.10. The van der Waals surface area contributed by atoms with E-state index in [9.17, 15) is 10.1 Å². The van der Waals surface area contributed by atoms with E-state index in [2.05, 4.69) is 21.0 Å². The molecule has 1 aromatic heterocycles. The number of nitrogens with zero attached hydrogens (tertiary/aromatic N) is 3. The highest BCUT2D eigenvalue weighted by atomic mass is 79.9. The number of nitro groups is 1. The van der Waals surface area contributed by atoms with Crippen LogP contribution < -0.4 is 0 Å². The van der Waals surface area contributed by atoms with Crippen molar-refractivity contribution in [1.29, 1.82) is 0 Å². The summed E-state index contributed by atoms with van der Waals surface area (Å²) in [6.07, 6.45) is 0. The monoisotopic (exact) mass is 371 g/mol. The van der Waals surface area contributed by atoms with E-state index >= 15 is 0 Å². The normalized spacial score (nSPS) is 11.7. The van der Waals surface area contributed by atoms with Crippen molar-refractivity contribution in [1.82, 2.24) is 9.78 Å². The van der Waals surface area contributed by atoms with Gasteiger partial charge >= 0.3 is 5.69 Å². The lowest BCUT2D eigenvalue weighted by Gasteiger charge is -2.13. The van der Waals surface area contributed by atoms with E-state index in [0.29, 0.717) is 12.2 Å². The van der Waals surface area contributed by atoms with Gasteiger partial charge in [-0.1, -0.05) is 60.4 Å². The van der Waals surface area contributed by atoms with Crippen LogP contribution in [-0.4, -0.2) is 14.7 Å². The molecule has 7 heteroatoms. The molecule has 0 bridgehead atoms. The molecule has 0 fully saturated rings. The zero-order valence-corrected chi connectivity index (χ0v) is 14.3. The molecule has 5 nitrogen and oxygen atoms in total. The van der Waals surface area contributed by atoms with Gasteiger partial charge in [0, 0.05) is 9.89 Å². The number of hydrogen-bond acceptors (Lipinski definition) is 3. The van der Waals surface area contributed by atoms with Gasteiger partial charge in [-0.3, -0.25) is 10.1 Å². The largest absolute Gasteiger partial charge is 0.329 e. The quantitative estimate of drug-likeness (QED) is 0.586. The second kappa shape index (κ2) is 5.77. The molecule has 112 valence electrons. The van der Waals surface area contributed by atoms with E-state index < -0.39 is 10.3 Å². The summed E-state index contributed by atoms with van der Waals surface area (Å²) in [5, 5.41) is 15.7. The van der Waals surface area contributed by atoms with Crippen LogP contribution in [0.2, 0.25) is 5.15 Å². The van der Waals surface area contributed by atoms with E-state index in [0.717, 1.165) is 10.0 Å². The van der Waals surface area contributed by atoms with Crippen molar-refractivity contribution in [2.24, 2.45) is 0 Å². The van der Waals surface area contributed by atoms with Gasteiger partial charge in [-0.05, 0) is 17.7 Å². The topological polar surface area (TPSA) is 61.0 Å². The third kappa shape index (κ3) is 3.44. The van der Waals surface area contributed by atoms with E-state index in [4.69, 9.17) is 11.6 Å². The molecule has 1 heterocycles. The van der Waals surface area contributed by atoms with Crippen molar-refractivity contribution < 1.29 is 4.92 Å². The van der Waals surface area contributed by atoms with Gasteiger partial charge in [0.2, 0.25) is 5.15 Å². The Morgan fingerprint density at radius 2 is 1.90 bits per heavy atom. The van der Waals surface area contributed by atoms with Crippen LogP contribution >= 0.6 is 27.5 Å². The molecule has 0 saturated carbocycles. The summed E-state index contributed by atoms with van der Waals surface area (Å²) in [5.41, 5.74) is 0.811. The van der Waals surface area contributed by atoms with Gasteiger partial charge in [0.15, 0.2) is 0 Å². The second-order valence-corrected chi connectivity index (χ2v) is 7.05. The van der Waals surface area contributed by atoms with E-state index in [-0.39, 0.29) is 10.8 Å². The number of benzene rings is 1. The SMILES string of the molecule is CC(C)(C)c1nn(Cc2ccc(Br)cc2)c(Cl)c1[N+](=O)[O-]. The predicted molar refractivity (Wildman–Crippen MR) is 85.8 cm³/mol. The molecule has 0 aliphatic rings. The molecule has 2 aromatic rings. The first kappa shape index (κ1) is 16.0. The first-order valence-corrected chi connectivity index (χ1v) is 7.53. The minimum absolute atomic E-state index is 0.0628. The fraction of sp³-hybridized carbons (Fsp3) is 0.357. The lowest BCUT2D eigenvalue weighted by molar-refractivity contribution is -0.385. The highest BCUT2D eigenvalue weighted by Crippen LogP contribution is 2.36. The third-order valence-electron chi connectivity index (χ3n) is 3.01. The van der Waals surface area contributed by atoms with Gasteiger partial charge in [0.1, 0.15) is 5.69 Å². The van der Waals surface area contributed by atoms with Crippen molar-refractivity contribution in [3.8, 4) is 0 Å². The van der Waals surface area contributed by atoms with E-state index in [1.54, 1.807) is 0 Å². The van der Waals surface area contributed by atoms with E-state index in [1.165, 1.54) is 4.68 Å². The van der Waals surface area contributed by atoms with Gasteiger partial charge in [0.05, 0.1) is 11.5 Å². The molecular formula is C14H15BrClN3O2. The van der Waals surface area contributed by atoms with Crippen LogP contribution in [0.1, 0.15) is 32.0 Å². The minimum atomic E-state index is -0.464. The fourth-order valence-electron chi connectivity index (χ4n) is 1.97. The van der Waals surface area contributed by atoms with Crippen LogP contribution in [0.3, 0.4) is 0 Å². The maximum atomic E-state index is 11.3. The average Bonchev–Trinajstić information content (AvgIpc) is 2.70. The Bertz CT molecular complexity index is 675. The lowest BCUT2D eigenvalue weighted by Crippen LogP contribution is -2.14. The van der Waals surface area contributed by atoms with Crippen molar-refractivity contribution >= 4 is 33.2 Å². The predicted octanol–water partition coefficient (Wildman–Crippen LogP) is 4.55. The summed E-state index contributed by atoms with van der Waals surface area (Å²) in [4.78, 5) is 10.8. The summed E-state index contributed by atoms with van der Waals surface area (Å²) < 4.78 is 2.45. The van der Waals surface area contributed by atoms with Crippen LogP contribution in [-0.2, 0) is 12.0 Å². The first-order chi connectivity index (χ1) is 9.70. The minimum Gasteiger partial charge on any atom is -0.258 e. The van der Waals surface area contributed by atoms with Crippen LogP contribution in [0.5, 0.6) is 0 Å². The van der Waals surface area contributed by atoms with Crippen LogP contribution in [0, 0.1) is 10.1 Å². The number of halogens is 2. The summed E-state index contributed by atoms with van der Waals surface area (Å²) in [6, 6.07) is 7.66. The molecule has 21 heavy (non-hydrogen) atoms. The molecule has 0 radical (unpaired) electrons. The molecule has 2 rings (SSSR count). The molecule has 0 saturated heterocycles. The molecule has 0 spiro atoms. The third-order valence-corrected chi connectivity index (χ3v) is 3.91. The molecule has 0 amide bonds. The molecule has 0 unspecified atom stereocenters. The molecular weight excluding hydrogens is 358 g/mol. The van der Waals surface area contributed by atoms with Crippen molar-refractivity contribution in [2.45, 2.75) is 32.7 Å². The first-order valence-electron chi connectivity index (χ1n) is 6.36. The zero-order chi connectivity index (χ0) is 15.8. The lowest BCUT2D eigenvalue weighted by atomic mass is 9.91.